The second kappa shape index (κ2) is 8.99. The molecule has 3 rings (SSSR count). The Morgan fingerprint density at radius 1 is 1.12 bits per heavy atom. The summed E-state index contributed by atoms with van der Waals surface area (Å²) < 4.78 is 39.4. The molecule has 0 aliphatic carbocycles. The van der Waals surface area contributed by atoms with Gasteiger partial charge in [-0.2, -0.15) is 4.31 Å². The minimum Gasteiger partial charge on any atom is -0.350 e. The maximum Gasteiger partial charge on any atom is 0.247 e. The Kier molecular flexibility index (Phi) is 6.71. The molecule has 0 unspecified atom stereocenters. The van der Waals surface area contributed by atoms with E-state index in [4.69, 9.17) is 0 Å². The molecule has 2 aromatic carbocycles. The molecule has 9 heteroatoms. The summed E-state index contributed by atoms with van der Waals surface area (Å²) in [5, 5.41) is 2.79. The van der Waals surface area contributed by atoms with Crippen molar-refractivity contribution in [3.63, 3.8) is 0 Å². The first kappa shape index (κ1) is 23.9. The number of anilines is 1. The largest absolute Gasteiger partial charge is 0.350 e. The number of hydrogen-bond donors (Lipinski definition) is 1. The van der Waals surface area contributed by atoms with Crippen LogP contribution in [0.4, 0.5) is 10.1 Å². The van der Waals surface area contributed by atoms with Gasteiger partial charge in [0, 0.05) is 18.8 Å². The van der Waals surface area contributed by atoms with Gasteiger partial charge in [-0.1, -0.05) is 18.2 Å². The van der Waals surface area contributed by atoms with E-state index in [2.05, 4.69) is 5.32 Å². The van der Waals surface area contributed by atoms with Gasteiger partial charge in [-0.25, -0.2) is 12.8 Å². The number of amides is 2. The molecule has 1 fully saturated rings. The topological polar surface area (TPSA) is 86.8 Å². The number of rotatable bonds is 6. The first-order valence-electron chi connectivity index (χ1n) is 10.4. The van der Waals surface area contributed by atoms with Gasteiger partial charge in [-0.3, -0.25) is 14.5 Å². The number of benzene rings is 2. The number of sulfonamides is 1. The molecule has 2 amide bonds. The van der Waals surface area contributed by atoms with Crippen molar-refractivity contribution in [1.82, 2.24) is 9.62 Å². The molecule has 1 aliphatic rings. The molecule has 0 aromatic heterocycles. The van der Waals surface area contributed by atoms with Crippen LogP contribution in [0.25, 0.3) is 0 Å². The number of piperazine rings is 1. The summed E-state index contributed by atoms with van der Waals surface area (Å²) in [6.07, 6.45) is 0. The average Bonchev–Trinajstić information content (AvgIpc) is 2.75. The van der Waals surface area contributed by atoms with E-state index in [-0.39, 0.29) is 31.2 Å². The summed E-state index contributed by atoms with van der Waals surface area (Å²) in [5.74, 6) is -1.52. The summed E-state index contributed by atoms with van der Waals surface area (Å²) in [5.41, 5.74) is 1.73. The van der Waals surface area contributed by atoms with Gasteiger partial charge in [0.05, 0.1) is 12.3 Å². The molecule has 7 nitrogen and oxygen atoms in total. The smallest absolute Gasteiger partial charge is 0.247 e. The number of carbonyl (C=O) groups is 2. The maximum absolute atomic E-state index is 13.4. The van der Waals surface area contributed by atoms with Crippen molar-refractivity contribution >= 4 is 27.5 Å². The number of halogens is 1. The zero-order chi connectivity index (χ0) is 23.7. The molecule has 0 saturated carbocycles. The molecule has 172 valence electrons. The Labute approximate surface area is 188 Å². The highest BCUT2D eigenvalue weighted by Crippen LogP contribution is 2.32. The lowest BCUT2D eigenvalue weighted by atomic mass is 9.93. The lowest BCUT2D eigenvalue weighted by Gasteiger charge is -2.46. The lowest BCUT2D eigenvalue weighted by Crippen LogP contribution is -2.70. The van der Waals surface area contributed by atoms with E-state index in [0.717, 1.165) is 15.4 Å². The van der Waals surface area contributed by atoms with Crippen LogP contribution in [0.3, 0.4) is 0 Å². The van der Waals surface area contributed by atoms with E-state index in [1.165, 1.54) is 24.0 Å². The third-order valence-electron chi connectivity index (χ3n) is 5.90. The highest BCUT2D eigenvalue weighted by atomic mass is 32.2. The molecule has 1 N–H and O–H groups in total. The van der Waals surface area contributed by atoms with Crippen LogP contribution in [0, 0.1) is 19.7 Å². The van der Waals surface area contributed by atoms with Crippen LogP contribution in [-0.2, 0) is 26.2 Å². The fraction of sp³-hybridized carbons (Fsp3) is 0.391. The molecule has 1 heterocycles. The monoisotopic (exact) mass is 461 g/mol. The van der Waals surface area contributed by atoms with Gasteiger partial charge in [0.2, 0.25) is 21.8 Å². The third-order valence-corrected chi connectivity index (χ3v) is 7.68. The molecule has 0 radical (unpaired) electrons. The van der Waals surface area contributed by atoms with Crippen molar-refractivity contribution in [3.05, 3.63) is 65.0 Å². The molecule has 32 heavy (non-hydrogen) atoms. The van der Waals surface area contributed by atoms with Gasteiger partial charge in [0.25, 0.3) is 0 Å². The summed E-state index contributed by atoms with van der Waals surface area (Å²) in [6.45, 7) is 6.54. The highest BCUT2D eigenvalue weighted by molar-refractivity contribution is 7.89. The summed E-state index contributed by atoms with van der Waals surface area (Å²) in [6, 6.07) is 11.1. The van der Waals surface area contributed by atoms with Gasteiger partial charge in [-0.05, 0) is 68.7 Å². The lowest BCUT2D eigenvalue weighted by molar-refractivity contribution is -0.133. The normalized spacial score (nSPS) is 19.8. The first-order chi connectivity index (χ1) is 15.0. The van der Waals surface area contributed by atoms with E-state index in [9.17, 15) is 22.4 Å². The number of carbonyl (C=O) groups excluding carboxylic acids is 2. The quantitative estimate of drug-likeness (QED) is 0.716. The third kappa shape index (κ3) is 4.68. The Morgan fingerprint density at radius 2 is 1.78 bits per heavy atom. The zero-order valence-electron chi connectivity index (χ0n) is 18.7. The minimum atomic E-state index is -3.69. The number of hydrogen-bond acceptors (Lipinski definition) is 4. The van der Waals surface area contributed by atoms with E-state index in [1.807, 2.05) is 26.0 Å². The fourth-order valence-electron chi connectivity index (χ4n) is 3.79. The van der Waals surface area contributed by atoms with Gasteiger partial charge < -0.3 is 5.32 Å². The standard InChI is InChI=1S/C23H28FN3O4S/c1-5-32(30,31)26-14-21(28)27(20-11-6-16(2)17(3)12-20)23(4,15-26)22(29)25-13-18-7-9-19(24)10-8-18/h6-12H,5,13-15H2,1-4H3,(H,25,29)/t23-/m1/s1. The molecule has 0 bridgehead atoms. The molecular weight excluding hydrogens is 433 g/mol. The van der Waals surface area contributed by atoms with Crippen molar-refractivity contribution in [2.45, 2.75) is 39.8 Å². The molecule has 0 spiro atoms. The SMILES string of the molecule is CCS(=O)(=O)N1CC(=O)N(c2ccc(C)c(C)c2)[C@@](C)(C(=O)NCc2ccc(F)cc2)C1. The van der Waals surface area contributed by atoms with Crippen molar-refractivity contribution in [1.29, 1.82) is 0 Å². The van der Waals surface area contributed by atoms with Crippen LogP contribution in [0.1, 0.15) is 30.5 Å². The van der Waals surface area contributed by atoms with E-state index < -0.39 is 27.4 Å². The Morgan fingerprint density at radius 3 is 2.38 bits per heavy atom. The second-order valence-electron chi connectivity index (χ2n) is 8.25. The van der Waals surface area contributed by atoms with E-state index >= 15 is 0 Å². The van der Waals surface area contributed by atoms with Crippen LogP contribution < -0.4 is 10.2 Å². The molecule has 2 aromatic rings. The van der Waals surface area contributed by atoms with Gasteiger partial charge in [0.1, 0.15) is 11.4 Å². The molecule has 1 saturated heterocycles. The summed E-state index contributed by atoms with van der Waals surface area (Å²) >= 11 is 0. The van der Waals surface area contributed by atoms with Crippen LogP contribution in [0.2, 0.25) is 0 Å². The zero-order valence-corrected chi connectivity index (χ0v) is 19.5. The Bertz CT molecular complexity index is 1130. The number of nitrogens with zero attached hydrogens (tertiary/aromatic N) is 2. The predicted octanol–water partition coefficient (Wildman–Crippen LogP) is 2.52. The molecule has 1 aliphatic heterocycles. The minimum absolute atomic E-state index is 0.115. The van der Waals surface area contributed by atoms with Crippen LogP contribution >= 0.6 is 0 Å². The highest BCUT2D eigenvalue weighted by Gasteiger charge is 2.50. The first-order valence-corrected chi connectivity index (χ1v) is 12.0. The number of nitrogens with one attached hydrogen (secondary N) is 1. The summed E-state index contributed by atoms with van der Waals surface area (Å²) in [7, 11) is -3.69. The Hall–Kier alpha value is -2.78. The Balaban J connectivity index is 1.98. The van der Waals surface area contributed by atoms with Crippen LogP contribution in [0.15, 0.2) is 42.5 Å². The summed E-state index contributed by atoms with van der Waals surface area (Å²) in [4.78, 5) is 28.0. The van der Waals surface area contributed by atoms with Gasteiger partial charge >= 0.3 is 0 Å². The second-order valence-corrected chi connectivity index (χ2v) is 10.5. The van der Waals surface area contributed by atoms with Crippen molar-refractivity contribution in [3.8, 4) is 0 Å². The van der Waals surface area contributed by atoms with Crippen LogP contribution in [0.5, 0.6) is 0 Å². The average molecular weight is 462 g/mol. The predicted molar refractivity (Wildman–Crippen MR) is 121 cm³/mol. The number of aryl methyl sites for hydroxylation is 2. The van der Waals surface area contributed by atoms with Crippen LogP contribution in [-0.4, -0.2) is 48.9 Å². The van der Waals surface area contributed by atoms with E-state index in [0.29, 0.717) is 11.3 Å². The van der Waals surface area contributed by atoms with Crippen molar-refractivity contribution in [2.75, 3.05) is 23.7 Å². The van der Waals surface area contributed by atoms with Crippen molar-refractivity contribution in [2.24, 2.45) is 0 Å². The fourth-order valence-corrected chi connectivity index (χ4v) is 4.91. The molecular formula is C23H28FN3O4S. The van der Waals surface area contributed by atoms with Gasteiger partial charge in [-0.15, -0.1) is 0 Å². The maximum atomic E-state index is 13.4. The van der Waals surface area contributed by atoms with Gasteiger partial charge in [0.15, 0.2) is 0 Å². The van der Waals surface area contributed by atoms with Crippen molar-refractivity contribution < 1.29 is 22.4 Å². The van der Waals surface area contributed by atoms with E-state index in [1.54, 1.807) is 25.1 Å². The molecule has 1 atom stereocenters.